The minimum absolute atomic E-state index is 0.00589. The van der Waals surface area contributed by atoms with Gasteiger partial charge in [0.25, 0.3) is 0 Å². The normalized spacial score (nSPS) is 14.4. The number of carboxylic acids is 1. The van der Waals surface area contributed by atoms with Gasteiger partial charge in [-0.1, -0.05) is 54.6 Å². The fourth-order valence-electron chi connectivity index (χ4n) is 4.30. The van der Waals surface area contributed by atoms with Gasteiger partial charge in [0.1, 0.15) is 29.6 Å². The molecule has 3 aromatic rings. The van der Waals surface area contributed by atoms with Crippen molar-refractivity contribution in [3.63, 3.8) is 0 Å². The summed E-state index contributed by atoms with van der Waals surface area (Å²) in [6.07, 6.45) is -1.37. The average molecular weight is 593 g/mol. The zero-order chi connectivity index (χ0) is 31.5. The smallest absolute Gasteiger partial charge is 0.326 e. The molecule has 9 N–H and O–H groups in total. The van der Waals surface area contributed by atoms with E-state index in [9.17, 15) is 39.6 Å². The predicted molar refractivity (Wildman–Crippen MR) is 157 cm³/mol. The number of nitrogens with one attached hydrogen (secondary N) is 3. The molecule has 0 aliphatic rings. The third-order valence-electron chi connectivity index (χ3n) is 6.70. The lowest BCUT2D eigenvalue weighted by Gasteiger charge is -2.26. The van der Waals surface area contributed by atoms with Gasteiger partial charge in [-0.2, -0.15) is 0 Å². The predicted octanol–water partition coefficient (Wildman–Crippen LogP) is 0.373. The van der Waals surface area contributed by atoms with E-state index in [1.54, 1.807) is 42.5 Å². The number of hydrogen-bond acceptors (Lipinski definition) is 8. The molecule has 3 rings (SSSR count). The number of amides is 3. The zero-order valence-corrected chi connectivity index (χ0v) is 23.5. The molecular formula is C31H36N4O8. The van der Waals surface area contributed by atoms with E-state index < -0.39 is 54.0 Å². The third kappa shape index (κ3) is 10.1. The summed E-state index contributed by atoms with van der Waals surface area (Å²) >= 11 is 0. The molecule has 12 heteroatoms. The summed E-state index contributed by atoms with van der Waals surface area (Å²) < 4.78 is 0. The number of hydrogen-bond donors (Lipinski definition) is 8. The van der Waals surface area contributed by atoms with Crippen LogP contribution in [-0.2, 0) is 38.4 Å². The van der Waals surface area contributed by atoms with Gasteiger partial charge < -0.3 is 42.1 Å². The van der Waals surface area contributed by atoms with Gasteiger partial charge in [-0.05, 0) is 54.3 Å². The van der Waals surface area contributed by atoms with Crippen molar-refractivity contribution < 1.29 is 39.6 Å². The van der Waals surface area contributed by atoms with Crippen molar-refractivity contribution in [2.75, 3.05) is 0 Å². The van der Waals surface area contributed by atoms with Crippen molar-refractivity contribution in [1.29, 1.82) is 0 Å². The number of carbonyl (C=O) groups is 4. The van der Waals surface area contributed by atoms with Crippen LogP contribution in [0.15, 0.2) is 78.9 Å². The Hall–Kier alpha value is -4.94. The van der Waals surface area contributed by atoms with Crippen molar-refractivity contribution in [3.05, 3.63) is 95.6 Å². The molecule has 0 spiro atoms. The second kappa shape index (κ2) is 15.3. The molecule has 228 valence electrons. The van der Waals surface area contributed by atoms with Crippen molar-refractivity contribution in [2.24, 2.45) is 5.73 Å². The number of benzene rings is 3. The number of aromatic hydroxyl groups is 2. The Morgan fingerprint density at radius 2 is 1.12 bits per heavy atom. The summed E-state index contributed by atoms with van der Waals surface area (Å²) in [5.74, 6) is -3.63. The molecule has 0 radical (unpaired) electrons. The molecule has 12 nitrogen and oxygen atoms in total. The number of carbonyl (C=O) groups excluding carboxylic acids is 3. The highest BCUT2D eigenvalue weighted by atomic mass is 16.4. The van der Waals surface area contributed by atoms with Gasteiger partial charge in [0.2, 0.25) is 17.7 Å². The summed E-state index contributed by atoms with van der Waals surface area (Å²) in [5.41, 5.74) is 7.90. The fraction of sp³-hybridized carbons (Fsp3) is 0.290. The molecule has 0 fully saturated rings. The molecule has 5 unspecified atom stereocenters. The summed E-state index contributed by atoms with van der Waals surface area (Å²) in [5, 5.41) is 46.5. The molecule has 0 aromatic heterocycles. The van der Waals surface area contributed by atoms with Crippen molar-refractivity contribution >= 4 is 23.7 Å². The third-order valence-corrected chi connectivity index (χ3v) is 6.70. The fourth-order valence-corrected chi connectivity index (χ4v) is 4.30. The molecular weight excluding hydrogens is 556 g/mol. The highest BCUT2D eigenvalue weighted by Crippen LogP contribution is 2.13. The number of rotatable bonds is 14. The van der Waals surface area contributed by atoms with Crippen LogP contribution in [-0.4, -0.2) is 74.4 Å². The summed E-state index contributed by atoms with van der Waals surface area (Å²) in [7, 11) is 0. The first kappa shape index (κ1) is 32.6. The van der Waals surface area contributed by atoms with E-state index in [4.69, 9.17) is 5.73 Å². The molecule has 43 heavy (non-hydrogen) atoms. The molecule has 3 aromatic carbocycles. The van der Waals surface area contributed by atoms with Crippen LogP contribution in [0.4, 0.5) is 0 Å². The highest BCUT2D eigenvalue weighted by Gasteiger charge is 2.32. The van der Waals surface area contributed by atoms with Crippen LogP contribution in [0.25, 0.3) is 0 Å². The van der Waals surface area contributed by atoms with Gasteiger partial charge in [-0.25, -0.2) is 4.79 Å². The Morgan fingerprint density at radius 1 is 0.651 bits per heavy atom. The molecule has 0 aliphatic carbocycles. The number of aliphatic hydroxyl groups is 1. The molecule has 0 heterocycles. The number of aliphatic carboxylic acids is 1. The quantitative estimate of drug-likeness (QED) is 0.130. The second-order valence-corrected chi connectivity index (χ2v) is 10.2. The van der Waals surface area contributed by atoms with Gasteiger partial charge >= 0.3 is 5.97 Å². The molecule has 5 atom stereocenters. The minimum atomic E-state index is -1.48. The van der Waals surface area contributed by atoms with Crippen molar-refractivity contribution in [1.82, 2.24) is 16.0 Å². The Labute approximate surface area is 248 Å². The standard InChI is InChI=1S/C31H36N4O8/c1-18(36)27(35-28(39)24(32)15-20-7-11-22(37)12-8-20)30(41)33-25(16-19-5-3-2-4-6-19)29(40)34-26(31(42)43)17-21-9-13-23(38)14-10-21/h2-14,18,24-27,36-38H,15-17,32H2,1H3,(H,33,41)(H,34,40)(H,35,39)(H,42,43). The Bertz CT molecular complexity index is 1380. The van der Waals surface area contributed by atoms with Crippen LogP contribution in [0.3, 0.4) is 0 Å². The van der Waals surface area contributed by atoms with Gasteiger partial charge in [-0.3, -0.25) is 14.4 Å². The van der Waals surface area contributed by atoms with Crippen molar-refractivity contribution in [3.8, 4) is 11.5 Å². The molecule has 0 saturated carbocycles. The van der Waals surface area contributed by atoms with Gasteiger partial charge in [0.05, 0.1) is 12.1 Å². The molecule has 0 aliphatic heterocycles. The van der Waals surface area contributed by atoms with Gasteiger partial charge in [0, 0.05) is 12.8 Å². The average Bonchev–Trinajstić information content (AvgIpc) is 2.97. The SMILES string of the molecule is CC(O)C(NC(=O)C(N)Cc1ccc(O)cc1)C(=O)NC(Cc1ccccc1)C(=O)NC(Cc1ccc(O)cc1)C(=O)O. The van der Waals surface area contributed by atoms with Crippen LogP contribution >= 0.6 is 0 Å². The number of aliphatic hydroxyl groups excluding tert-OH is 1. The van der Waals surface area contributed by atoms with Crippen LogP contribution in [0, 0.1) is 0 Å². The van der Waals surface area contributed by atoms with E-state index in [0.717, 1.165) is 0 Å². The number of carboxylic acid groups (broad SMARTS) is 1. The summed E-state index contributed by atoms with van der Waals surface area (Å²) in [4.78, 5) is 51.5. The molecule has 3 amide bonds. The second-order valence-electron chi connectivity index (χ2n) is 10.2. The Kier molecular flexibility index (Phi) is 11.6. The number of phenolic OH excluding ortho intramolecular Hbond substituents is 2. The topological polar surface area (TPSA) is 211 Å². The first-order valence-corrected chi connectivity index (χ1v) is 13.6. The maximum atomic E-state index is 13.4. The van der Waals surface area contributed by atoms with E-state index in [1.807, 2.05) is 0 Å². The first-order valence-electron chi connectivity index (χ1n) is 13.6. The summed E-state index contributed by atoms with van der Waals surface area (Å²) in [6.45, 7) is 1.29. The lowest BCUT2D eigenvalue weighted by Crippen LogP contribution is -2.60. The monoisotopic (exact) mass is 592 g/mol. The Morgan fingerprint density at radius 3 is 1.63 bits per heavy atom. The first-order chi connectivity index (χ1) is 20.4. The number of nitrogens with two attached hydrogens (primary N) is 1. The maximum Gasteiger partial charge on any atom is 0.326 e. The lowest BCUT2D eigenvalue weighted by atomic mass is 10.0. The van der Waals surface area contributed by atoms with E-state index in [2.05, 4.69) is 16.0 Å². The van der Waals surface area contributed by atoms with E-state index in [1.165, 1.54) is 43.3 Å². The van der Waals surface area contributed by atoms with Crippen LogP contribution < -0.4 is 21.7 Å². The van der Waals surface area contributed by atoms with Crippen LogP contribution in [0.1, 0.15) is 23.6 Å². The molecule has 0 bridgehead atoms. The highest BCUT2D eigenvalue weighted by molar-refractivity contribution is 5.94. The maximum absolute atomic E-state index is 13.4. The summed E-state index contributed by atoms with van der Waals surface area (Å²) in [6, 6.07) is 15.5. The Balaban J connectivity index is 1.74. The largest absolute Gasteiger partial charge is 0.508 e. The van der Waals surface area contributed by atoms with Gasteiger partial charge in [0.15, 0.2) is 0 Å². The minimum Gasteiger partial charge on any atom is -0.508 e. The van der Waals surface area contributed by atoms with Gasteiger partial charge in [-0.15, -0.1) is 0 Å². The van der Waals surface area contributed by atoms with Crippen LogP contribution in [0.2, 0.25) is 0 Å². The van der Waals surface area contributed by atoms with E-state index >= 15 is 0 Å². The van der Waals surface area contributed by atoms with E-state index in [-0.39, 0.29) is 30.8 Å². The zero-order valence-electron chi connectivity index (χ0n) is 23.5. The lowest BCUT2D eigenvalue weighted by molar-refractivity contribution is -0.142. The van der Waals surface area contributed by atoms with Crippen molar-refractivity contribution in [2.45, 2.75) is 56.5 Å². The molecule has 0 saturated heterocycles. The number of phenols is 2. The van der Waals surface area contributed by atoms with Crippen LogP contribution in [0.5, 0.6) is 11.5 Å². The van der Waals surface area contributed by atoms with E-state index in [0.29, 0.717) is 16.7 Å².